The van der Waals surface area contributed by atoms with E-state index in [0.29, 0.717) is 10.6 Å². The van der Waals surface area contributed by atoms with Crippen molar-refractivity contribution in [2.24, 2.45) is 0 Å². The Labute approximate surface area is 117 Å². The number of hydrogen-bond acceptors (Lipinski definition) is 6. The molecule has 0 saturated carbocycles. The van der Waals surface area contributed by atoms with E-state index in [0.717, 1.165) is 11.5 Å². The fourth-order valence-electron chi connectivity index (χ4n) is 1.45. The summed E-state index contributed by atoms with van der Waals surface area (Å²) < 4.78 is 4.05. The van der Waals surface area contributed by atoms with E-state index >= 15 is 0 Å². The molecule has 1 heterocycles. The summed E-state index contributed by atoms with van der Waals surface area (Å²) in [6.45, 7) is 7.50. The first-order valence-corrected chi connectivity index (χ1v) is 6.88. The number of nitrogens with zero attached hydrogens (tertiary/aromatic N) is 2. The highest BCUT2D eigenvalue weighted by molar-refractivity contribution is 7.11. The predicted molar refractivity (Wildman–Crippen MR) is 78.7 cm³/mol. The normalized spacial score (nSPS) is 11.7. The van der Waals surface area contributed by atoms with E-state index in [1.54, 1.807) is 0 Å². The Morgan fingerprint density at radius 3 is 2.63 bits per heavy atom. The van der Waals surface area contributed by atoms with Crippen LogP contribution in [0.2, 0.25) is 0 Å². The van der Waals surface area contributed by atoms with Gasteiger partial charge in [-0.15, -0.1) is 0 Å². The van der Waals surface area contributed by atoms with Gasteiger partial charge in [0.25, 0.3) is 5.91 Å². The van der Waals surface area contributed by atoms with Crippen molar-refractivity contribution >= 4 is 28.3 Å². The smallest absolute Gasteiger partial charge is 0.258 e. The number of aromatic nitrogens is 1. The fourth-order valence-corrected chi connectivity index (χ4v) is 2.39. The summed E-state index contributed by atoms with van der Waals surface area (Å²) in [4.78, 5) is 14.0. The maximum Gasteiger partial charge on any atom is 0.258 e. The SMILES string of the molecule is CC(C)NC(=O)c1c(N)nsc1N(C)C(C)(C)CO. The minimum atomic E-state index is -0.494. The molecule has 0 aliphatic heterocycles. The highest BCUT2D eigenvalue weighted by Gasteiger charge is 2.30. The van der Waals surface area contributed by atoms with Crippen LogP contribution in [0.25, 0.3) is 0 Å². The number of carbonyl (C=O) groups is 1. The second kappa shape index (κ2) is 5.75. The molecule has 1 aromatic heterocycles. The molecule has 0 aliphatic carbocycles. The maximum atomic E-state index is 12.2. The molecule has 0 unspecified atom stereocenters. The van der Waals surface area contributed by atoms with Crippen LogP contribution in [0.5, 0.6) is 0 Å². The predicted octanol–water partition coefficient (Wildman–Crippen LogP) is 1.07. The lowest BCUT2D eigenvalue weighted by atomic mass is 10.1. The second-order valence-electron chi connectivity index (χ2n) is 5.41. The molecule has 7 heteroatoms. The number of anilines is 2. The van der Waals surface area contributed by atoms with Crippen LogP contribution in [0.1, 0.15) is 38.1 Å². The summed E-state index contributed by atoms with van der Waals surface area (Å²) >= 11 is 1.16. The number of nitrogen functional groups attached to an aromatic ring is 1. The van der Waals surface area contributed by atoms with E-state index in [1.807, 2.05) is 39.6 Å². The molecule has 0 atom stereocenters. The first-order valence-electron chi connectivity index (χ1n) is 6.11. The highest BCUT2D eigenvalue weighted by atomic mass is 32.1. The Morgan fingerprint density at radius 1 is 1.58 bits per heavy atom. The second-order valence-corrected chi connectivity index (χ2v) is 6.16. The lowest BCUT2D eigenvalue weighted by Gasteiger charge is -2.34. The molecule has 1 amide bonds. The Bertz CT molecular complexity index is 457. The quantitative estimate of drug-likeness (QED) is 0.753. The summed E-state index contributed by atoms with van der Waals surface area (Å²) in [5.41, 5.74) is 5.67. The fraction of sp³-hybridized carbons (Fsp3) is 0.667. The number of likely N-dealkylation sites (N-methyl/N-ethyl adjacent to an activating group) is 1. The molecule has 1 rings (SSSR count). The molecule has 4 N–H and O–H groups in total. The van der Waals surface area contributed by atoms with Crippen molar-refractivity contribution in [2.45, 2.75) is 39.3 Å². The van der Waals surface area contributed by atoms with Gasteiger partial charge >= 0.3 is 0 Å². The van der Waals surface area contributed by atoms with Gasteiger partial charge in [-0.2, -0.15) is 4.37 Å². The molecule has 1 aromatic rings. The zero-order valence-corrected chi connectivity index (χ0v) is 12.8. The third-order valence-corrected chi connectivity index (χ3v) is 3.89. The third kappa shape index (κ3) is 3.36. The molecule has 0 aliphatic rings. The van der Waals surface area contributed by atoms with E-state index in [1.165, 1.54) is 0 Å². The van der Waals surface area contributed by atoms with Crippen molar-refractivity contribution in [3.63, 3.8) is 0 Å². The number of rotatable bonds is 5. The van der Waals surface area contributed by atoms with Crippen molar-refractivity contribution < 1.29 is 9.90 Å². The number of amides is 1. The van der Waals surface area contributed by atoms with Gasteiger partial charge in [-0.1, -0.05) is 0 Å². The van der Waals surface area contributed by atoms with Crippen LogP contribution in [0.3, 0.4) is 0 Å². The standard InChI is InChI=1S/C12H22N4O2S/c1-7(2)14-10(18)8-9(13)15-19-11(8)16(5)12(3,4)6-17/h7,17H,6H2,1-5H3,(H2,13,15)(H,14,18). The monoisotopic (exact) mass is 286 g/mol. The average molecular weight is 286 g/mol. The molecule has 6 nitrogen and oxygen atoms in total. The summed E-state index contributed by atoms with van der Waals surface area (Å²) in [6.07, 6.45) is 0. The van der Waals surface area contributed by atoms with Crippen molar-refractivity contribution in [3.8, 4) is 0 Å². The number of nitrogens with two attached hydrogens (primary N) is 1. The largest absolute Gasteiger partial charge is 0.394 e. The van der Waals surface area contributed by atoms with Crippen LogP contribution in [0.15, 0.2) is 0 Å². The van der Waals surface area contributed by atoms with Gasteiger partial charge in [-0.05, 0) is 39.2 Å². The molecule has 0 bridgehead atoms. The van der Waals surface area contributed by atoms with E-state index in [4.69, 9.17) is 5.73 Å². The van der Waals surface area contributed by atoms with Crippen LogP contribution in [-0.2, 0) is 0 Å². The molecule has 0 radical (unpaired) electrons. The van der Waals surface area contributed by atoms with Crippen molar-refractivity contribution in [2.75, 3.05) is 24.3 Å². The Hall–Kier alpha value is -1.34. The van der Waals surface area contributed by atoms with Gasteiger partial charge in [-0.25, -0.2) is 0 Å². The van der Waals surface area contributed by atoms with Crippen LogP contribution < -0.4 is 16.0 Å². The average Bonchev–Trinajstić information content (AvgIpc) is 2.69. The lowest BCUT2D eigenvalue weighted by molar-refractivity contribution is 0.0944. The van der Waals surface area contributed by atoms with E-state index < -0.39 is 5.54 Å². The summed E-state index contributed by atoms with van der Waals surface area (Å²) in [5.74, 6) is -0.0180. The number of aliphatic hydroxyl groups is 1. The van der Waals surface area contributed by atoms with Crippen LogP contribution >= 0.6 is 11.5 Å². The molecule has 0 fully saturated rings. The van der Waals surface area contributed by atoms with Gasteiger partial charge in [0, 0.05) is 13.1 Å². The maximum absolute atomic E-state index is 12.2. The molecule has 0 spiro atoms. The molecular formula is C12H22N4O2S. The summed E-state index contributed by atoms with van der Waals surface area (Å²) in [6, 6.07) is 0.0239. The molecule has 108 valence electrons. The van der Waals surface area contributed by atoms with Gasteiger partial charge in [0.05, 0.1) is 12.1 Å². The number of nitrogens with one attached hydrogen (secondary N) is 1. The van der Waals surface area contributed by atoms with E-state index in [-0.39, 0.29) is 24.4 Å². The van der Waals surface area contributed by atoms with Crippen LogP contribution in [0.4, 0.5) is 10.8 Å². The summed E-state index contributed by atoms with van der Waals surface area (Å²) in [5, 5.41) is 12.9. The van der Waals surface area contributed by atoms with E-state index in [9.17, 15) is 9.90 Å². The molecule has 0 aromatic carbocycles. The lowest BCUT2D eigenvalue weighted by Crippen LogP contribution is -2.45. The topological polar surface area (TPSA) is 91.5 Å². The molecular weight excluding hydrogens is 264 g/mol. The van der Waals surface area contributed by atoms with Gasteiger partial charge < -0.3 is 21.1 Å². The van der Waals surface area contributed by atoms with Crippen LogP contribution in [-0.4, -0.2) is 40.6 Å². The highest BCUT2D eigenvalue weighted by Crippen LogP contribution is 2.33. The summed E-state index contributed by atoms with van der Waals surface area (Å²) in [7, 11) is 1.81. The van der Waals surface area contributed by atoms with Gasteiger partial charge in [0.2, 0.25) is 0 Å². The molecule has 19 heavy (non-hydrogen) atoms. The first kappa shape index (κ1) is 15.7. The van der Waals surface area contributed by atoms with Gasteiger partial charge in [0.15, 0.2) is 5.82 Å². The number of aliphatic hydroxyl groups excluding tert-OH is 1. The van der Waals surface area contributed by atoms with Crippen molar-refractivity contribution in [1.82, 2.24) is 9.69 Å². The third-order valence-electron chi connectivity index (χ3n) is 2.95. The molecule has 0 saturated heterocycles. The Morgan fingerprint density at radius 2 is 2.16 bits per heavy atom. The zero-order chi connectivity index (χ0) is 14.8. The van der Waals surface area contributed by atoms with Gasteiger partial charge in [-0.3, -0.25) is 4.79 Å². The Balaban J connectivity index is 3.14. The first-order chi connectivity index (χ1) is 8.70. The van der Waals surface area contributed by atoms with Crippen molar-refractivity contribution in [1.29, 1.82) is 0 Å². The van der Waals surface area contributed by atoms with E-state index in [2.05, 4.69) is 9.69 Å². The number of hydrogen-bond donors (Lipinski definition) is 3. The van der Waals surface area contributed by atoms with Crippen LogP contribution in [0, 0.1) is 0 Å². The van der Waals surface area contributed by atoms with Crippen molar-refractivity contribution in [3.05, 3.63) is 5.56 Å². The van der Waals surface area contributed by atoms with Gasteiger partial charge in [0.1, 0.15) is 10.6 Å². The zero-order valence-electron chi connectivity index (χ0n) is 12.0. The minimum Gasteiger partial charge on any atom is -0.394 e. The number of carbonyl (C=O) groups excluding carboxylic acids is 1. The minimum absolute atomic E-state index is 0.0239. The Kier molecular flexibility index (Phi) is 4.75.